The summed E-state index contributed by atoms with van der Waals surface area (Å²) in [6.45, 7) is 7.85. The number of hydrogen-bond acceptors (Lipinski definition) is 8. The van der Waals surface area contributed by atoms with E-state index in [1.54, 1.807) is 26.0 Å². The first-order valence-corrected chi connectivity index (χ1v) is 14.8. The van der Waals surface area contributed by atoms with Crippen LogP contribution in [0.5, 0.6) is 0 Å². The molecule has 3 aromatic carbocycles. The summed E-state index contributed by atoms with van der Waals surface area (Å²) < 4.78 is 25.9. The molecule has 210 valence electrons. The van der Waals surface area contributed by atoms with E-state index in [2.05, 4.69) is 9.72 Å². The standard InChI is InChI=1S/C29H32N3O7P/c1-5-37-40(36,38-6-2)17-9-16-31-27-14-12-22(18-25(27)26-19-23(32(34)35)13-15-28(26)31)29(30-39-21(4)33)24-11-8-7-10-20(24)3/h7-8,10-15,18-19H,5-6,9,16-17H2,1-4H3. The Morgan fingerprint density at radius 1 is 1.00 bits per heavy atom. The maximum Gasteiger partial charge on any atom is 0.332 e. The van der Waals surface area contributed by atoms with Gasteiger partial charge in [-0.3, -0.25) is 14.7 Å². The van der Waals surface area contributed by atoms with Crippen molar-refractivity contribution in [2.75, 3.05) is 19.4 Å². The third kappa shape index (κ3) is 6.31. The molecule has 0 amide bonds. The van der Waals surface area contributed by atoms with Crippen LogP contribution < -0.4 is 0 Å². The van der Waals surface area contributed by atoms with Gasteiger partial charge in [0.15, 0.2) is 0 Å². The van der Waals surface area contributed by atoms with Crippen LogP contribution in [0.15, 0.2) is 65.8 Å². The van der Waals surface area contributed by atoms with Crippen LogP contribution in [0.4, 0.5) is 5.69 Å². The van der Waals surface area contributed by atoms with Crippen molar-refractivity contribution in [3.63, 3.8) is 0 Å². The summed E-state index contributed by atoms with van der Waals surface area (Å²) in [4.78, 5) is 27.8. The second-order valence-electron chi connectivity index (χ2n) is 9.20. The topological polar surface area (TPSA) is 122 Å². The molecule has 0 unspecified atom stereocenters. The molecule has 0 fully saturated rings. The molecule has 0 atom stereocenters. The van der Waals surface area contributed by atoms with Gasteiger partial charge >= 0.3 is 13.6 Å². The summed E-state index contributed by atoms with van der Waals surface area (Å²) in [6, 6.07) is 18.1. The predicted molar refractivity (Wildman–Crippen MR) is 155 cm³/mol. The van der Waals surface area contributed by atoms with Crippen LogP contribution in [0.25, 0.3) is 21.8 Å². The molecular formula is C29H32N3O7P. The molecule has 0 radical (unpaired) electrons. The number of fused-ring (bicyclic) bond motifs is 3. The van der Waals surface area contributed by atoms with E-state index in [1.807, 2.05) is 49.4 Å². The van der Waals surface area contributed by atoms with E-state index in [-0.39, 0.29) is 25.1 Å². The van der Waals surface area contributed by atoms with E-state index in [4.69, 9.17) is 13.9 Å². The molecule has 0 aliphatic heterocycles. The summed E-state index contributed by atoms with van der Waals surface area (Å²) in [5, 5.41) is 17.3. The highest BCUT2D eigenvalue weighted by Crippen LogP contribution is 2.48. The molecule has 0 aliphatic carbocycles. The monoisotopic (exact) mass is 565 g/mol. The van der Waals surface area contributed by atoms with E-state index >= 15 is 0 Å². The van der Waals surface area contributed by atoms with E-state index < -0.39 is 18.5 Å². The predicted octanol–water partition coefficient (Wildman–Crippen LogP) is 6.98. The molecular weight excluding hydrogens is 533 g/mol. The molecule has 0 saturated heterocycles. The molecule has 0 spiro atoms. The van der Waals surface area contributed by atoms with E-state index in [0.29, 0.717) is 29.6 Å². The molecule has 0 saturated carbocycles. The zero-order valence-electron chi connectivity index (χ0n) is 23.0. The van der Waals surface area contributed by atoms with Crippen LogP contribution >= 0.6 is 7.60 Å². The molecule has 0 bridgehead atoms. The van der Waals surface area contributed by atoms with Crippen LogP contribution in [0, 0.1) is 17.0 Å². The largest absolute Gasteiger partial charge is 0.340 e. The Bertz CT molecular complexity index is 1630. The maximum absolute atomic E-state index is 13.0. The number of benzene rings is 3. The van der Waals surface area contributed by atoms with Crippen molar-refractivity contribution in [1.82, 2.24) is 4.57 Å². The lowest BCUT2D eigenvalue weighted by atomic mass is 9.97. The zero-order valence-corrected chi connectivity index (χ0v) is 23.9. The summed E-state index contributed by atoms with van der Waals surface area (Å²) in [6.07, 6.45) is 0.755. The lowest BCUT2D eigenvalue weighted by molar-refractivity contribution is -0.384. The van der Waals surface area contributed by atoms with E-state index in [0.717, 1.165) is 27.5 Å². The summed E-state index contributed by atoms with van der Waals surface area (Å²) in [5.74, 6) is -0.546. The first-order valence-electron chi connectivity index (χ1n) is 13.1. The number of hydrogen-bond donors (Lipinski definition) is 0. The molecule has 4 rings (SSSR count). The fourth-order valence-electron chi connectivity index (χ4n) is 4.78. The molecule has 1 heterocycles. The number of carbonyl (C=O) groups excluding carboxylic acids is 1. The van der Waals surface area contributed by atoms with Crippen molar-refractivity contribution < 1.29 is 28.2 Å². The Kier molecular flexibility index (Phi) is 9.14. The third-order valence-electron chi connectivity index (χ3n) is 6.46. The minimum absolute atomic E-state index is 0.0261. The molecule has 1 aromatic heterocycles. The fourth-order valence-corrected chi connectivity index (χ4v) is 6.43. The van der Waals surface area contributed by atoms with Crippen LogP contribution in [0.1, 0.15) is 43.9 Å². The van der Waals surface area contributed by atoms with Gasteiger partial charge in [0.25, 0.3) is 5.69 Å². The number of nitro groups is 1. The van der Waals surface area contributed by atoms with Crippen molar-refractivity contribution in [1.29, 1.82) is 0 Å². The Balaban J connectivity index is 1.84. The highest BCUT2D eigenvalue weighted by atomic mass is 31.2. The van der Waals surface area contributed by atoms with Crippen LogP contribution in [0.2, 0.25) is 0 Å². The number of non-ortho nitro benzene ring substituents is 1. The highest BCUT2D eigenvalue weighted by molar-refractivity contribution is 7.53. The fraction of sp³-hybridized carbons (Fsp3) is 0.310. The maximum atomic E-state index is 13.0. The first-order chi connectivity index (χ1) is 19.2. The van der Waals surface area contributed by atoms with Crippen molar-refractivity contribution in [3.05, 3.63) is 87.5 Å². The second-order valence-corrected chi connectivity index (χ2v) is 11.4. The molecule has 40 heavy (non-hydrogen) atoms. The molecule has 0 aliphatic rings. The quantitative estimate of drug-likeness (QED) is 0.0597. The summed E-state index contributed by atoms with van der Waals surface area (Å²) in [7, 11) is -3.21. The number of carbonyl (C=O) groups is 1. The van der Waals surface area contributed by atoms with Gasteiger partial charge in [0.05, 0.1) is 24.3 Å². The number of nitro benzene ring substituents is 1. The normalized spacial score (nSPS) is 12.2. The van der Waals surface area contributed by atoms with Gasteiger partial charge in [-0.2, -0.15) is 0 Å². The molecule has 10 nitrogen and oxygen atoms in total. The Morgan fingerprint density at radius 2 is 1.65 bits per heavy atom. The van der Waals surface area contributed by atoms with Crippen molar-refractivity contribution in [2.24, 2.45) is 5.16 Å². The Hall–Kier alpha value is -3.85. The van der Waals surface area contributed by atoms with Crippen molar-refractivity contribution in [3.8, 4) is 0 Å². The van der Waals surface area contributed by atoms with Gasteiger partial charge in [0.2, 0.25) is 0 Å². The van der Waals surface area contributed by atoms with Crippen LogP contribution in [-0.4, -0.2) is 40.5 Å². The smallest absolute Gasteiger partial charge is 0.332 e. The second kappa shape index (κ2) is 12.6. The average molecular weight is 566 g/mol. The molecule has 0 N–H and O–H groups in total. The number of nitrogens with zero attached hydrogens (tertiary/aromatic N) is 3. The van der Waals surface area contributed by atoms with Crippen molar-refractivity contribution >= 4 is 46.8 Å². The first kappa shape index (κ1) is 29.1. The number of aromatic nitrogens is 1. The number of rotatable bonds is 12. The van der Waals surface area contributed by atoms with Gasteiger partial charge in [-0.15, -0.1) is 0 Å². The van der Waals surface area contributed by atoms with E-state index in [1.165, 1.54) is 13.0 Å². The van der Waals surface area contributed by atoms with Gasteiger partial charge < -0.3 is 18.5 Å². The highest BCUT2D eigenvalue weighted by Gasteiger charge is 2.24. The van der Waals surface area contributed by atoms with Gasteiger partial charge in [-0.05, 0) is 51.0 Å². The van der Waals surface area contributed by atoms with Gasteiger partial charge in [-0.1, -0.05) is 35.5 Å². The minimum Gasteiger partial charge on any atom is -0.340 e. The van der Waals surface area contributed by atoms with Crippen molar-refractivity contribution in [2.45, 2.75) is 40.7 Å². The number of aryl methyl sites for hydroxylation is 2. The summed E-state index contributed by atoms with van der Waals surface area (Å²) in [5.41, 5.74) is 4.51. The van der Waals surface area contributed by atoms with Gasteiger partial charge in [-0.25, -0.2) is 4.79 Å². The Labute approximate surface area is 232 Å². The zero-order chi connectivity index (χ0) is 28.9. The third-order valence-corrected chi connectivity index (χ3v) is 8.63. The minimum atomic E-state index is -3.21. The molecule has 4 aromatic rings. The van der Waals surface area contributed by atoms with Gasteiger partial charge in [0.1, 0.15) is 5.71 Å². The lowest BCUT2D eigenvalue weighted by Crippen LogP contribution is -2.08. The van der Waals surface area contributed by atoms with Crippen LogP contribution in [0.3, 0.4) is 0 Å². The van der Waals surface area contributed by atoms with E-state index in [9.17, 15) is 19.5 Å². The van der Waals surface area contributed by atoms with Gasteiger partial charge in [0, 0.05) is 58.5 Å². The molecule has 11 heteroatoms. The number of oxime groups is 1. The summed E-state index contributed by atoms with van der Waals surface area (Å²) >= 11 is 0. The average Bonchev–Trinajstić information content (AvgIpc) is 3.22. The van der Waals surface area contributed by atoms with Crippen LogP contribution in [-0.2, 0) is 29.8 Å². The Morgan fingerprint density at radius 3 is 2.27 bits per heavy atom. The SMILES string of the molecule is CCOP(=O)(CCCn1c2ccc(C(=NOC(C)=O)c3ccccc3C)cc2c2cc([N+](=O)[O-])ccc21)OCC. The lowest BCUT2D eigenvalue weighted by Gasteiger charge is -2.17.